The molecule has 5 heteroatoms. The van der Waals surface area contributed by atoms with Crippen LogP contribution in [0.4, 0.5) is 5.69 Å². The molecule has 0 fully saturated rings. The lowest BCUT2D eigenvalue weighted by Gasteiger charge is -2.09. The molecule has 0 bridgehead atoms. The fraction of sp³-hybridized carbons (Fsp3) is 0.0690. The van der Waals surface area contributed by atoms with Gasteiger partial charge in [-0.15, -0.1) is 0 Å². The monoisotopic (exact) mass is 446 g/mol. The first kappa shape index (κ1) is 22.5. The van der Waals surface area contributed by atoms with Crippen LogP contribution in [0, 0.1) is 25.2 Å². The number of esters is 1. The molecule has 4 aromatic rings. The molecule has 0 aliphatic rings. The third-order valence-electron chi connectivity index (χ3n) is 5.52. The molecule has 0 aliphatic heterocycles. The highest BCUT2D eigenvalue weighted by Crippen LogP contribution is 2.22. The van der Waals surface area contributed by atoms with Gasteiger partial charge in [0.25, 0.3) is 5.91 Å². The van der Waals surface area contributed by atoms with Crippen molar-refractivity contribution in [3.8, 4) is 11.8 Å². The molecule has 0 atom stereocenters. The van der Waals surface area contributed by atoms with Gasteiger partial charge >= 0.3 is 5.97 Å². The maximum atomic E-state index is 12.8. The molecule has 1 N–H and O–H groups in total. The molecular weight excluding hydrogens is 424 g/mol. The first-order valence-electron chi connectivity index (χ1n) is 10.7. The van der Waals surface area contributed by atoms with E-state index in [0.717, 1.165) is 21.9 Å². The van der Waals surface area contributed by atoms with Gasteiger partial charge in [0.15, 0.2) is 0 Å². The summed E-state index contributed by atoms with van der Waals surface area (Å²) in [7, 11) is 0. The van der Waals surface area contributed by atoms with Crippen molar-refractivity contribution < 1.29 is 14.3 Å². The number of nitriles is 1. The third-order valence-corrected chi connectivity index (χ3v) is 5.52. The summed E-state index contributed by atoms with van der Waals surface area (Å²) in [6, 6.07) is 27.3. The number of hydrogen-bond donors (Lipinski definition) is 1. The van der Waals surface area contributed by atoms with E-state index in [0.29, 0.717) is 22.6 Å². The Hall–Kier alpha value is -4.69. The Morgan fingerprint density at radius 1 is 0.882 bits per heavy atom. The van der Waals surface area contributed by atoms with E-state index in [1.54, 1.807) is 36.4 Å². The average Bonchev–Trinajstić information content (AvgIpc) is 2.84. The highest BCUT2D eigenvalue weighted by Gasteiger charge is 2.13. The van der Waals surface area contributed by atoms with E-state index >= 15 is 0 Å². The van der Waals surface area contributed by atoms with Gasteiger partial charge in [-0.05, 0) is 77.7 Å². The number of carbonyl (C=O) groups is 2. The van der Waals surface area contributed by atoms with Crippen LogP contribution in [-0.2, 0) is 4.79 Å². The minimum absolute atomic E-state index is 0.0595. The summed E-state index contributed by atoms with van der Waals surface area (Å²) in [5.74, 6) is -0.673. The molecule has 4 rings (SSSR count). The van der Waals surface area contributed by atoms with Crippen LogP contribution >= 0.6 is 0 Å². The smallest absolute Gasteiger partial charge is 0.344 e. The zero-order valence-electron chi connectivity index (χ0n) is 18.8. The van der Waals surface area contributed by atoms with Crippen molar-refractivity contribution in [3.63, 3.8) is 0 Å². The van der Waals surface area contributed by atoms with E-state index in [1.165, 1.54) is 6.08 Å². The zero-order chi connectivity index (χ0) is 24.1. The number of ether oxygens (including phenoxy) is 1. The van der Waals surface area contributed by atoms with Gasteiger partial charge in [-0.1, -0.05) is 54.6 Å². The van der Waals surface area contributed by atoms with E-state index in [4.69, 9.17) is 4.74 Å². The molecule has 34 heavy (non-hydrogen) atoms. The quantitative estimate of drug-likeness (QED) is 0.171. The van der Waals surface area contributed by atoms with Crippen molar-refractivity contribution in [2.45, 2.75) is 13.8 Å². The normalized spacial score (nSPS) is 11.0. The van der Waals surface area contributed by atoms with Crippen molar-refractivity contribution >= 4 is 34.4 Å². The van der Waals surface area contributed by atoms with Crippen LogP contribution in [0.5, 0.6) is 5.75 Å². The summed E-state index contributed by atoms with van der Waals surface area (Å²) in [4.78, 5) is 25.5. The maximum absolute atomic E-state index is 12.8. The fourth-order valence-electron chi connectivity index (χ4n) is 3.57. The minimum Gasteiger partial charge on any atom is -0.423 e. The van der Waals surface area contributed by atoms with Crippen molar-refractivity contribution in [1.82, 2.24) is 0 Å². The first-order chi connectivity index (χ1) is 16.4. The summed E-state index contributed by atoms with van der Waals surface area (Å²) in [5, 5.41) is 14.0. The number of nitrogens with one attached hydrogen (secondary N) is 1. The van der Waals surface area contributed by atoms with Crippen LogP contribution in [0.15, 0.2) is 90.5 Å². The molecule has 0 saturated carbocycles. The lowest BCUT2D eigenvalue weighted by atomic mass is 10.0. The number of hydrogen-bond acceptors (Lipinski definition) is 4. The van der Waals surface area contributed by atoms with E-state index < -0.39 is 11.9 Å². The zero-order valence-corrected chi connectivity index (χ0v) is 18.8. The summed E-state index contributed by atoms with van der Waals surface area (Å²) in [6.45, 7) is 3.94. The molecular formula is C29H22N2O3. The Balaban J connectivity index is 1.53. The van der Waals surface area contributed by atoms with Gasteiger partial charge in [0.2, 0.25) is 0 Å². The largest absolute Gasteiger partial charge is 0.423 e. The average molecular weight is 447 g/mol. The summed E-state index contributed by atoms with van der Waals surface area (Å²) >= 11 is 0. The maximum Gasteiger partial charge on any atom is 0.344 e. The van der Waals surface area contributed by atoms with E-state index in [2.05, 4.69) is 5.32 Å². The molecule has 0 saturated heterocycles. The first-order valence-corrected chi connectivity index (χ1v) is 10.7. The number of rotatable bonds is 5. The molecule has 0 aliphatic carbocycles. The molecule has 0 radical (unpaired) electrons. The lowest BCUT2D eigenvalue weighted by Crippen LogP contribution is -2.13. The van der Waals surface area contributed by atoms with Crippen molar-refractivity contribution in [2.75, 3.05) is 5.32 Å². The van der Waals surface area contributed by atoms with Crippen LogP contribution < -0.4 is 10.1 Å². The second-order valence-electron chi connectivity index (χ2n) is 7.91. The van der Waals surface area contributed by atoms with E-state index in [1.807, 2.05) is 68.4 Å². The molecule has 0 unspecified atom stereocenters. The fourth-order valence-corrected chi connectivity index (χ4v) is 3.57. The Bertz CT molecular complexity index is 1470. The molecule has 0 spiro atoms. The van der Waals surface area contributed by atoms with Crippen LogP contribution in [0.1, 0.15) is 27.0 Å². The molecule has 1 amide bonds. The van der Waals surface area contributed by atoms with Gasteiger partial charge in [-0.25, -0.2) is 4.79 Å². The summed E-state index contributed by atoms with van der Waals surface area (Å²) < 4.78 is 5.59. The molecule has 166 valence electrons. The second-order valence-corrected chi connectivity index (χ2v) is 7.91. The van der Waals surface area contributed by atoms with E-state index in [9.17, 15) is 14.9 Å². The highest BCUT2D eigenvalue weighted by molar-refractivity contribution is 6.09. The molecule has 5 nitrogen and oxygen atoms in total. The minimum atomic E-state index is -0.510. The van der Waals surface area contributed by atoms with Crippen LogP contribution in [0.25, 0.3) is 16.8 Å². The number of nitrogens with zero attached hydrogens (tertiary/aromatic N) is 1. The van der Waals surface area contributed by atoms with Gasteiger partial charge in [0.05, 0.1) is 5.56 Å². The van der Waals surface area contributed by atoms with E-state index in [-0.39, 0.29) is 5.57 Å². The van der Waals surface area contributed by atoms with Crippen molar-refractivity contribution in [3.05, 3.63) is 113 Å². The number of anilines is 1. The standard InChI is InChI=1S/C29H22N2O3/c1-19-13-14-24(15-20(19)2)31-28(32)23(18-30)16-21-7-5-10-25(17-21)34-29(33)27-12-6-9-22-8-3-4-11-26(22)27/h3-17H,1-2H3,(H,31,32)/b23-16+. The van der Waals surface area contributed by atoms with Crippen molar-refractivity contribution in [2.24, 2.45) is 0 Å². The Labute approximate surface area is 197 Å². The summed E-state index contributed by atoms with van der Waals surface area (Å²) in [5.41, 5.74) is 3.74. The number of aryl methyl sites for hydroxylation is 2. The van der Waals surface area contributed by atoms with Crippen LogP contribution in [0.2, 0.25) is 0 Å². The van der Waals surface area contributed by atoms with Gasteiger partial charge < -0.3 is 10.1 Å². The number of fused-ring (bicyclic) bond motifs is 1. The number of carbonyl (C=O) groups excluding carboxylic acids is 2. The van der Waals surface area contributed by atoms with Gasteiger partial charge in [-0.2, -0.15) is 5.26 Å². The van der Waals surface area contributed by atoms with Crippen molar-refractivity contribution in [1.29, 1.82) is 5.26 Å². The topological polar surface area (TPSA) is 79.2 Å². The number of amides is 1. The Morgan fingerprint density at radius 3 is 2.44 bits per heavy atom. The SMILES string of the molecule is Cc1ccc(NC(=O)/C(C#N)=C/c2cccc(OC(=O)c3cccc4ccccc34)c2)cc1C. The number of benzene rings is 4. The van der Waals surface area contributed by atoms with Gasteiger partial charge in [-0.3, -0.25) is 4.79 Å². The predicted octanol–water partition coefficient (Wildman–Crippen LogP) is 6.22. The Kier molecular flexibility index (Phi) is 6.52. The highest BCUT2D eigenvalue weighted by atomic mass is 16.5. The third kappa shape index (κ3) is 5.03. The molecule has 0 heterocycles. The second kappa shape index (κ2) is 9.85. The molecule has 4 aromatic carbocycles. The van der Waals surface area contributed by atoms with Crippen LogP contribution in [-0.4, -0.2) is 11.9 Å². The molecule has 0 aromatic heterocycles. The van der Waals surface area contributed by atoms with Gasteiger partial charge in [0.1, 0.15) is 17.4 Å². The lowest BCUT2D eigenvalue weighted by molar-refractivity contribution is -0.112. The summed E-state index contributed by atoms with van der Waals surface area (Å²) in [6.07, 6.45) is 1.46. The predicted molar refractivity (Wildman–Crippen MR) is 133 cm³/mol. The Morgan fingerprint density at radius 2 is 1.65 bits per heavy atom. The van der Waals surface area contributed by atoms with Gasteiger partial charge in [0, 0.05) is 5.69 Å². The van der Waals surface area contributed by atoms with Crippen LogP contribution in [0.3, 0.4) is 0 Å².